The van der Waals surface area contributed by atoms with E-state index in [2.05, 4.69) is 22.0 Å². The lowest BCUT2D eigenvalue weighted by molar-refractivity contribution is 0.591. The fourth-order valence-corrected chi connectivity index (χ4v) is 2.44. The Balaban J connectivity index is 1.96. The monoisotopic (exact) mass is 351 g/mol. The Labute approximate surface area is 135 Å². The Morgan fingerprint density at radius 3 is 2.55 bits per heavy atom. The number of hydrogen-bond donors (Lipinski definition) is 0. The van der Waals surface area contributed by atoms with Crippen LogP contribution in [0.5, 0.6) is 0 Å². The summed E-state index contributed by atoms with van der Waals surface area (Å²) >= 11 is 3.34. The molecule has 0 amide bonds. The number of hydrogen-bond acceptors (Lipinski definition) is 3. The molecule has 22 heavy (non-hydrogen) atoms. The van der Waals surface area contributed by atoms with Gasteiger partial charge in [0.25, 0.3) is 0 Å². The topological polar surface area (TPSA) is 54.0 Å². The second kappa shape index (κ2) is 6.00. The van der Waals surface area contributed by atoms with Crippen LogP contribution >= 0.6 is 15.9 Å². The highest BCUT2D eigenvalue weighted by Crippen LogP contribution is 2.19. The minimum Gasteiger partial charge on any atom is -0.456 e. The van der Waals surface area contributed by atoms with Gasteiger partial charge in [0, 0.05) is 10.5 Å². The second-order valence-corrected chi connectivity index (χ2v) is 5.64. The van der Waals surface area contributed by atoms with Crippen molar-refractivity contribution >= 4 is 39.1 Å². The van der Waals surface area contributed by atoms with Crippen molar-refractivity contribution in [2.75, 3.05) is 0 Å². The fourth-order valence-electron chi connectivity index (χ4n) is 2.08. The summed E-state index contributed by atoms with van der Waals surface area (Å²) in [5, 5.41) is 9.31. The molecular weight excluding hydrogens is 342 g/mol. The van der Waals surface area contributed by atoms with Crippen molar-refractivity contribution in [3.8, 4) is 6.07 Å². The lowest BCUT2D eigenvalue weighted by Crippen LogP contribution is -1.99. The number of halogens is 1. The highest BCUT2D eigenvalue weighted by Gasteiger charge is 2.03. The second-order valence-electron chi connectivity index (χ2n) is 4.72. The van der Waals surface area contributed by atoms with E-state index in [-0.39, 0.29) is 5.43 Å². The Bertz CT molecular complexity index is 963. The smallest absolute Gasteiger partial charge is 0.193 e. The van der Waals surface area contributed by atoms with E-state index >= 15 is 0 Å². The molecule has 0 saturated heterocycles. The summed E-state index contributed by atoms with van der Waals surface area (Å²) in [5.74, 6) is 0.490. The Morgan fingerprint density at radius 2 is 1.82 bits per heavy atom. The van der Waals surface area contributed by atoms with Crippen molar-refractivity contribution in [3.05, 3.63) is 80.1 Å². The Morgan fingerprint density at radius 1 is 1.05 bits per heavy atom. The molecule has 0 aliphatic carbocycles. The van der Waals surface area contributed by atoms with Crippen LogP contribution in [0.25, 0.3) is 23.1 Å². The predicted octanol–water partition coefficient (Wildman–Crippen LogP) is 4.60. The van der Waals surface area contributed by atoms with Crippen molar-refractivity contribution < 1.29 is 4.42 Å². The van der Waals surface area contributed by atoms with Crippen LogP contribution in [0.3, 0.4) is 0 Å². The first-order chi connectivity index (χ1) is 10.7. The zero-order valence-electron chi connectivity index (χ0n) is 11.4. The maximum Gasteiger partial charge on any atom is 0.193 e. The highest BCUT2D eigenvalue weighted by atomic mass is 79.9. The first-order valence-corrected chi connectivity index (χ1v) is 7.37. The van der Waals surface area contributed by atoms with Crippen molar-refractivity contribution in [2.45, 2.75) is 0 Å². The van der Waals surface area contributed by atoms with Gasteiger partial charge in [-0.05, 0) is 42.0 Å². The van der Waals surface area contributed by atoms with Crippen molar-refractivity contribution in [3.63, 3.8) is 0 Å². The zero-order chi connectivity index (χ0) is 15.5. The molecule has 106 valence electrons. The SMILES string of the molecule is N#Cc1ccc(/C=C/c2cc(=O)c3cc(Br)ccc3o2)cc1. The summed E-state index contributed by atoms with van der Waals surface area (Å²) in [7, 11) is 0. The summed E-state index contributed by atoms with van der Waals surface area (Å²) in [6.07, 6.45) is 3.58. The summed E-state index contributed by atoms with van der Waals surface area (Å²) in [4.78, 5) is 12.1. The van der Waals surface area contributed by atoms with Gasteiger partial charge in [0.05, 0.1) is 17.0 Å². The molecule has 0 atom stereocenters. The average Bonchev–Trinajstić information content (AvgIpc) is 2.54. The molecule has 0 saturated carbocycles. The third-order valence-electron chi connectivity index (χ3n) is 3.19. The molecule has 1 heterocycles. The van der Waals surface area contributed by atoms with Gasteiger partial charge in [-0.3, -0.25) is 4.79 Å². The maximum atomic E-state index is 12.1. The molecule has 2 aromatic carbocycles. The van der Waals surface area contributed by atoms with Gasteiger partial charge in [0.1, 0.15) is 11.3 Å². The van der Waals surface area contributed by atoms with Crippen LogP contribution in [-0.4, -0.2) is 0 Å². The van der Waals surface area contributed by atoms with E-state index in [1.807, 2.05) is 24.3 Å². The van der Waals surface area contributed by atoms with Gasteiger partial charge in [-0.1, -0.05) is 34.1 Å². The highest BCUT2D eigenvalue weighted by molar-refractivity contribution is 9.10. The molecule has 1 aromatic heterocycles. The van der Waals surface area contributed by atoms with E-state index < -0.39 is 0 Å². The van der Waals surface area contributed by atoms with Crippen LogP contribution in [0.15, 0.2) is 62.2 Å². The summed E-state index contributed by atoms with van der Waals surface area (Å²) in [6, 6.07) is 16.0. The third-order valence-corrected chi connectivity index (χ3v) is 3.68. The number of nitrogens with zero attached hydrogens (tertiary/aromatic N) is 1. The van der Waals surface area contributed by atoms with Crippen LogP contribution in [-0.2, 0) is 0 Å². The number of benzene rings is 2. The molecule has 0 aliphatic rings. The Hall–Kier alpha value is -2.64. The molecule has 4 heteroatoms. The minimum atomic E-state index is -0.0815. The lowest BCUT2D eigenvalue weighted by atomic mass is 10.1. The van der Waals surface area contributed by atoms with Gasteiger partial charge in [-0.2, -0.15) is 5.26 Å². The van der Waals surface area contributed by atoms with Crippen LogP contribution < -0.4 is 5.43 Å². The third kappa shape index (κ3) is 3.00. The molecule has 3 rings (SSSR count). The summed E-state index contributed by atoms with van der Waals surface area (Å²) in [5.41, 5.74) is 2.01. The van der Waals surface area contributed by atoms with Gasteiger partial charge in [0.2, 0.25) is 0 Å². The molecule has 3 aromatic rings. The van der Waals surface area contributed by atoms with Gasteiger partial charge in [0.15, 0.2) is 5.43 Å². The van der Waals surface area contributed by atoms with E-state index in [1.165, 1.54) is 6.07 Å². The lowest BCUT2D eigenvalue weighted by Gasteiger charge is -2.00. The molecule has 0 bridgehead atoms. The van der Waals surface area contributed by atoms with Crippen molar-refractivity contribution in [2.24, 2.45) is 0 Å². The van der Waals surface area contributed by atoms with Gasteiger partial charge >= 0.3 is 0 Å². The molecule has 0 spiro atoms. The molecule has 3 nitrogen and oxygen atoms in total. The van der Waals surface area contributed by atoms with Crippen LogP contribution in [0.2, 0.25) is 0 Å². The molecule has 0 N–H and O–H groups in total. The van der Waals surface area contributed by atoms with E-state index in [4.69, 9.17) is 9.68 Å². The zero-order valence-corrected chi connectivity index (χ0v) is 13.0. The van der Waals surface area contributed by atoms with Crippen LogP contribution in [0.1, 0.15) is 16.9 Å². The summed E-state index contributed by atoms with van der Waals surface area (Å²) < 4.78 is 6.55. The molecule has 0 fully saturated rings. The first-order valence-electron chi connectivity index (χ1n) is 6.57. The fraction of sp³-hybridized carbons (Fsp3) is 0. The quantitative estimate of drug-likeness (QED) is 0.677. The average molecular weight is 352 g/mol. The first kappa shape index (κ1) is 14.3. The van der Waals surface area contributed by atoms with Crippen molar-refractivity contribution in [1.82, 2.24) is 0 Å². The number of rotatable bonds is 2. The van der Waals surface area contributed by atoms with Crippen LogP contribution in [0, 0.1) is 11.3 Å². The normalized spacial score (nSPS) is 10.9. The number of nitriles is 1. The van der Waals surface area contributed by atoms with Gasteiger partial charge in [-0.15, -0.1) is 0 Å². The molecule has 0 aliphatic heterocycles. The maximum absolute atomic E-state index is 12.1. The standard InChI is InChI=1S/C18H10BrNO2/c19-14-6-8-18-16(9-14)17(21)10-15(22-18)7-5-12-1-3-13(11-20)4-2-12/h1-10H/b7-5+. The molecule has 0 radical (unpaired) electrons. The van der Waals surface area contributed by atoms with E-state index in [0.29, 0.717) is 22.3 Å². The Kier molecular flexibility index (Phi) is 3.90. The largest absolute Gasteiger partial charge is 0.456 e. The van der Waals surface area contributed by atoms with Crippen molar-refractivity contribution in [1.29, 1.82) is 5.26 Å². The van der Waals surface area contributed by atoms with Gasteiger partial charge < -0.3 is 4.42 Å². The predicted molar refractivity (Wildman–Crippen MR) is 90.3 cm³/mol. The number of fused-ring (bicyclic) bond motifs is 1. The molecular formula is C18H10BrNO2. The molecule has 0 unspecified atom stereocenters. The van der Waals surface area contributed by atoms with E-state index in [1.54, 1.807) is 30.3 Å². The van der Waals surface area contributed by atoms with E-state index in [9.17, 15) is 4.79 Å². The van der Waals surface area contributed by atoms with Crippen LogP contribution in [0.4, 0.5) is 0 Å². The summed E-state index contributed by atoms with van der Waals surface area (Å²) in [6.45, 7) is 0. The van der Waals surface area contributed by atoms with E-state index in [0.717, 1.165) is 10.0 Å². The van der Waals surface area contributed by atoms with Gasteiger partial charge in [-0.25, -0.2) is 0 Å². The minimum absolute atomic E-state index is 0.0815.